The number of carbonyl (C=O) groups is 1. The number of carbonyl (C=O) groups excluding carboxylic acids is 1. The van der Waals surface area contributed by atoms with Crippen LogP contribution in [0.1, 0.15) is 17.7 Å². The molecule has 166 valence electrons. The third-order valence-corrected chi connectivity index (χ3v) is 7.19. The van der Waals surface area contributed by atoms with Crippen LogP contribution in [0.4, 0.5) is 9.18 Å². The summed E-state index contributed by atoms with van der Waals surface area (Å²) in [6.45, 7) is 1.92. The standard InChI is InChI=1S/C22H25FN2O5S/c23-14-3-5-15(6-4-14)30-17-13-29-19-16(12-28-20(17)19)24-21(26)25-22(7-9-27-10-8-22)18-2-1-11-31-18/h1-6,11,16-17,19-20H,7-10,12-13H2,(H2,24,25,26)/t16-,17-,19+,20+/m0/s1. The second-order valence-electron chi connectivity index (χ2n) is 8.08. The van der Waals surface area contributed by atoms with E-state index < -0.39 is 5.54 Å². The summed E-state index contributed by atoms with van der Waals surface area (Å²) in [5.41, 5.74) is -0.417. The molecule has 0 spiro atoms. The molecule has 3 aliphatic rings. The molecular formula is C22H25FN2O5S. The van der Waals surface area contributed by atoms with Crippen molar-refractivity contribution >= 4 is 17.4 Å². The van der Waals surface area contributed by atoms with Gasteiger partial charge in [0, 0.05) is 18.1 Å². The predicted molar refractivity (Wildman–Crippen MR) is 112 cm³/mol. The molecule has 4 heterocycles. The van der Waals surface area contributed by atoms with Crippen LogP contribution in [0.25, 0.3) is 0 Å². The first-order chi connectivity index (χ1) is 15.1. The lowest BCUT2D eigenvalue weighted by atomic mass is 9.88. The van der Waals surface area contributed by atoms with Gasteiger partial charge in [0.15, 0.2) is 6.10 Å². The van der Waals surface area contributed by atoms with Crippen LogP contribution in [0.15, 0.2) is 41.8 Å². The highest BCUT2D eigenvalue weighted by Gasteiger charge is 2.50. The van der Waals surface area contributed by atoms with E-state index in [9.17, 15) is 9.18 Å². The van der Waals surface area contributed by atoms with E-state index >= 15 is 0 Å². The summed E-state index contributed by atoms with van der Waals surface area (Å²) < 4.78 is 36.4. The Morgan fingerprint density at radius 1 is 1.10 bits per heavy atom. The summed E-state index contributed by atoms with van der Waals surface area (Å²) in [6.07, 6.45) is 0.586. The number of halogens is 1. The molecule has 4 atom stereocenters. The molecular weight excluding hydrogens is 423 g/mol. The minimum atomic E-state index is -0.417. The zero-order chi connectivity index (χ0) is 21.3. The Balaban J connectivity index is 1.20. The molecule has 3 aliphatic heterocycles. The highest BCUT2D eigenvalue weighted by atomic mass is 32.1. The zero-order valence-corrected chi connectivity index (χ0v) is 17.7. The molecule has 3 fully saturated rings. The minimum absolute atomic E-state index is 0.240. The smallest absolute Gasteiger partial charge is 0.315 e. The third-order valence-electron chi connectivity index (χ3n) is 6.12. The Hall–Kier alpha value is -2.20. The molecule has 0 saturated carbocycles. The van der Waals surface area contributed by atoms with Gasteiger partial charge >= 0.3 is 6.03 Å². The molecule has 3 saturated heterocycles. The SMILES string of the molecule is O=C(N[C@H]1CO[C@H]2[C@@H]1OC[C@@H]2Oc1ccc(F)cc1)NC1(c2cccs2)CCOCC1. The molecule has 0 aliphatic carbocycles. The van der Waals surface area contributed by atoms with Crippen molar-refractivity contribution in [2.75, 3.05) is 26.4 Å². The van der Waals surface area contributed by atoms with Gasteiger partial charge in [-0.3, -0.25) is 0 Å². The van der Waals surface area contributed by atoms with Crippen molar-refractivity contribution in [3.8, 4) is 5.75 Å². The van der Waals surface area contributed by atoms with Gasteiger partial charge in [-0.05, 0) is 48.6 Å². The number of thiophene rings is 1. The molecule has 2 amide bonds. The Morgan fingerprint density at radius 2 is 1.87 bits per heavy atom. The Kier molecular flexibility index (Phi) is 5.83. The quantitative estimate of drug-likeness (QED) is 0.736. The first-order valence-corrected chi connectivity index (χ1v) is 11.4. The van der Waals surface area contributed by atoms with E-state index in [4.69, 9.17) is 18.9 Å². The second kappa shape index (κ2) is 8.74. The molecule has 2 aromatic rings. The van der Waals surface area contributed by atoms with Gasteiger partial charge in [-0.2, -0.15) is 0 Å². The van der Waals surface area contributed by atoms with Gasteiger partial charge in [0.05, 0.1) is 24.8 Å². The van der Waals surface area contributed by atoms with Gasteiger partial charge in [0.1, 0.15) is 23.8 Å². The lowest BCUT2D eigenvalue weighted by molar-refractivity contribution is 0.0302. The van der Waals surface area contributed by atoms with E-state index in [1.165, 1.54) is 12.1 Å². The number of ether oxygens (including phenoxy) is 4. The van der Waals surface area contributed by atoms with Crippen LogP contribution in [0.3, 0.4) is 0 Å². The topological polar surface area (TPSA) is 78.1 Å². The van der Waals surface area contributed by atoms with Crippen LogP contribution in [0, 0.1) is 5.82 Å². The highest BCUT2D eigenvalue weighted by molar-refractivity contribution is 7.10. The molecule has 1 aromatic carbocycles. The number of amides is 2. The molecule has 31 heavy (non-hydrogen) atoms. The molecule has 2 N–H and O–H groups in total. The average Bonchev–Trinajstić information content (AvgIpc) is 3.51. The van der Waals surface area contributed by atoms with Crippen molar-refractivity contribution in [2.24, 2.45) is 0 Å². The van der Waals surface area contributed by atoms with E-state index in [-0.39, 0.29) is 36.2 Å². The van der Waals surface area contributed by atoms with Crippen LogP contribution >= 0.6 is 11.3 Å². The van der Waals surface area contributed by atoms with Crippen molar-refractivity contribution in [1.82, 2.24) is 10.6 Å². The molecule has 5 rings (SSSR count). The van der Waals surface area contributed by atoms with Gasteiger partial charge in [-0.25, -0.2) is 9.18 Å². The number of rotatable bonds is 5. The van der Waals surface area contributed by atoms with E-state index in [1.807, 2.05) is 11.4 Å². The van der Waals surface area contributed by atoms with Crippen molar-refractivity contribution in [1.29, 1.82) is 0 Å². The summed E-state index contributed by atoms with van der Waals surface area (Å²) in [5, 5.41) is 8.26. The Labute approximate surface area is 183 Å². The molecule has 1 aromatic heterocycles. The maximum atomic E-state index is 13.1. The summed E-state index contributed by atoms with van der Waals surface area (Å²) >= 11 is 1.64. The fraction of sp³-hybridized carbons (Fsp3) is 0.500. The number of fused-ring (bicyclic) bond motifs is 1. The van der Waals surface area contributed by atoms with Crippen molar-refractivity contribution in [3.63, 3.8) is 0 Å². The van der Waals surface area contributed by atoms with Crippen molar-refractivity contribution in [3.05, 3.63) is 52.5 Å². The molecule has 0 radical (unpaired) electrons. The van der Waals surface area contributed by atoms with Crippen LogP contribution in [-0.4, -0.2) is 56.8 Å². The van der Waals surface area contributed by atoms with Crippen LogP contribution < -0.4 is 15.4 Å². The predicted octanol–water partition coefficient (Wildman–Crippen LogP) is 2.81. The maximum absolute atomic E-state index is 13.1. The van der Waals surface area contributed by atoms with Crippen LogP contribution in [0.2, 0.25) is 0 Å². The summed E-state index contributed by atoms with van der Waals surface area (Å²) in [4.78, 5) is 14.1. The highest BCUT2D eigenvalue weighted by Crippen LogP contribution is 2.35. The monoisotopic (exact) mass is 448 g/mol. The van der Waals surface area contributed by atoms with Crippen molar-refractivity contribution < 1.29 is 28.1 Å². The Morgan fingerprint density at radius 3 is 2.61 bits per heavy atom. The molecule has 9 heteroatoms. The average molecular weight is 449 g/mol. The summed E-state index contributed by atoms with van der Waals surface area (Å²) in [5.74, 6) is 0.246. The summed E-state index contributed by atoms with van der Waals surface area (Å²) in [6, 6.07) is 9.42. The molecule has 0 unspecified atom stereocenters. The molecule has 0 bridgehead atoms. The van der Waals surface area contributed by atoms with E-state index in [0.29, 0.717) is 32.2 Å². The van der Waals surface area contributed by atoms with E-state index in [1.54, 1.807) is 23.5 Å². The second-order valence-corrected chi connectivity index (χ2v) is 9.03. The lowest BCUT2D eigenvalue weighted by Crippen LogP contribution is -2.56. The minimum Gasteiger partial charge on any atom is -0.485 e. The van der Waals surface area contributed by atoms with E-state index in [2.05, 4.69) is 16.7 Å². The van der Waals surface area contributed by atoms with Gasteiger partial charge in [-0.1, -0.05) is 6.07 Å². The number of benzene rings is 1. The number of hydrogen-bond acceptors (Lipinski definition) is 6. The van der Waals surface area contributed by atoms with Crippen molar-refractivity contribution in [2.45, 2.75) is 42.7 Å². The number of urea groups is 1. The fourth-order valence-corrected chi connectivity index (χ4v) is 5.44. The van der Waals surface area contributed by atoms with Crippen LogP contribution in [0.5, 0.6) is 5.75 Å². The van der Waals surface area contributed by atoms with Crippen LogP contribution in [-0.2, 0) is 19.7 Å². The van der Waals surface area contributed by atoms with Gasteiger partial charge < -0.3 is 29.6 Å². The fourth-order valence-electron chi connectivity index (χ4n) is 4.50. The maximum Gasteiger partial charge on any atom is 0.315 e. The van der Waals surface area contributed by atoms with E-state index in [0.717, 1.165) is 17.7 Å². The van der Waals surface area contributed by atoms with Gasteiger partial charge in [0.25, 0.3) is 0 Å². The van der Waals surface area contributed by atoms with Gasteiger partial charge in [-0.15, -0.1) is 11.3 Å². The van der Waals surface area contributed by atoms with Gasteiger partial charge in [0.2, 0.25) is 0 Å². The first kappa shape index (κ1) is 20.7. The lowest BCUT2D eigenvalue weighted by Gasteiger charge is -2.37. The normalized spacial score (nSPS) is 29.3. The number of hydrogen-bond donors (Lipinski definition) is 2. The number of nitrogens with one attached hydrogen (secondary N) is 2. The molecule has 7 nitrogen and oxygen atoms in total. The largest absolute Gasteiger partial charge is 0.485 e. The summed E-state index contributed by atoms with van der Waals surface area (Å²) in [7, 11) is 0. The third kappa shape index (κ3) is 4.27. The first-order valence-electron chi connectivity index (χ1n) is 10.5. The zero-order valence-electron chi connectivity index (χ0n) is 16.9. The Bertz CT molecular complexity index is 888.